The van der Waals surface area contributed by atoms with Gasteiger partial charge >= 0.3 is 0 Å². The standard InChI is InChI=1S/C30H38N4O2/c35-30(22-33-17-13-31-24-33)34-14-5-9-28(21-34)23-36-29-10-4-8-27(19-29)20-32-15-11-26(12-16-32)18-25-6-2-1-3-7-25/h1-4,6-8,10,13,17,19,24,26,28H,5,9,11-12,14-16,18,20-23H2/t28-/m1/s1. The largest absolute Gasteiger partial charge is 0.493 e. The third-order valence-corrected chi connectivity index (χ3v) is 7.61. The van der Waals surface area contributed by atoms with E-state index in [4.69, 9.17) is 4.74 Å². The SMILES string of the molecule is O=C(Cn1ccnc1)N1CCC[C@@H](COc2cccc(CN3CCC(Cc4ccccc4)CC3)c2)C1. The minimum Gasteiger partial charge on any atom is -0.493 e. The number of aromatic nitrogens is 2. The van der Waals surface area contributed by atoms with Crippen molar-refractivity contribution in [2.45, 2.75) is 45.2 Å². The molecule has 0 spiro atoms. The first kappa shape index (κ1) is 24.6. The van der Waals surface area contributed by atoms with Gasteiger partial charge in [-0.25, -0.2) is 4.98 Å². The molecule has 1 amide bonds. The Morgan fingerprint density at radius 2 is 1.78 bits per heavy atom. The van der Waals surface area contributed by atoms with Crippen molar-refractivity contribution in [2.24, 2.45) is 11.8 Å². The molecule has 36 heavy (non-hydrogen) atoms. The van der Waals surface area contributed by atoms with E-state index in [1.165, 1.54) is 30.4 Å². The second-order valence-electron chi connectivity index (χ2n) is 10.5. The topological polar surface area (TPSA) is 50.6 Å². The molecule has 6 nitrogen and oxygen atoms in total. The van der Waals surface area contributed by atoms with Gasteiger partial charge in [-0.2, -0.15) is 0 Å². The van der Waals surface area contributed by atoms with Crippen molar-refractivity contribution in [3.8, 4) is 5.75 Å². The summed E-state index contributed by atoms with van der Waals surface area (Å²) in [4.78, 5) is 21.2. The monoisotopic (exact) mass is 486 g/mol. The lowest BCUT2D eigenvalue weighted by molar-refractivity contribution is -0.133. The van der Waals surface area contributed by atoms with Crippen LogP contribution >= 0.6 is 0 Å². The molecule has 190 valence electrons. The minimum atomic E-state index is 0.159. The Labute approximate surface area is 214 Å². The van der Waals surface area contributed by atoms with Crippen LogP contribution in [0.25, 0.3) is 0 Å². The summed E-state index contributed by atoms with van der Waals surface area (Å²) in [6.07, 6.45) is 11.1. The van der Waals surface area contributed by atoms with E-state index in [2.05, 4.69) is 64.5 Å². The average Bonchev–Trinajstić information content (AvgIpc) is 3.43. The van der Waals surface area contributed by atoms with Crippen LogP contribution < -0.4 is 4.74 Å². The van der Waals surface area contributed by atoms with Crippen LogP contribution in [0.1, 0.15) is 36.8 Å². The molecule has 3 aromatic rings. The highest BCUT2D eigenvalue weighted by Crippen LogP contribution is 2.24. The Kier molecular flexibility index (Phi) is 8.34. The number of nitrogens with zero attached hydrogens (tertiary/aromatic N) is 4. The normalized spacial score (nSPS) is 19.3. The van der Waals surface area contributed by atoms with Crippen molar-refractivity contribution in [3.05, 3.63) is 84.4 Å². The summed E-state index contributed by atoms with van der Waals surface area (Å²) in [7, 11) is 0. The fourth-order valence-electron chi connectivity index (χ4n) is 5.57. The number of piperidine rings is 2. The zero-order valence-electron chi connectivity index (χ0n) is 21.2. The molecule has 2 aromatic carbocycles. The molecule has 1 atom stereocenters. The molecular weight excluding hydrogens is 448 g/mol. The third kappa shape index (κ3) is 6.97. The molecular formula is C30H38N4O2. The molecule has 3 heterocycles. The van der Waals surface area contributed by atoms with Crippen LogP contribution in [0.15, 0.2) is 73.3 Å². The molecule has 6 heteroatoms. The zero-order chi connectivity index (χ0) is 24.6. The van der Waals surface area contributed by atoms with Gasteiger partial charge in [0.2, 0.25) is 5.91 Å². The van der Waals surface area contributed by atoms with Crippen LogP contribution in [0.5, 0.6) is 5.75 Å². The van der Waals surface area contributed by atoms with Crippen molar-refractivity contribution in [1.29, 1.82) is 0 Å². The van der Waals surface area contributed by atoms with Crippen molar-refractivity contribution >= 4 is 5.91 Å². The Hall–Kier alpha value is -3.12. The maximum Gasteiger partial charge on any atom is 0.242 e. The number of amides is 1. The van der Waals surface area contributed by atoms with Crippen LogP contribution in [0.4, 0.5) is 0 Å². The molecule has 2 aliphatic heterocycles. The van der Waals surface area contributed by atoms with E-state index in [0.717, 1.165) is 57.2 Å². The summed E-state index contributed by atoms with van der Waals surface area (Å²) >= 11 is 0. The highest BCUT2D eigenvalue weighted by atomic mass is 16.5. The number of carbonyl (C=O) groups is 1. The first-order chi connectivity index (χ1) is 17.7. The lowest BCUT2D eigenvalue weighted by atomic mass is 9.90. The number of rotatable bonds is 9. The summed E-state index contributed by atoms with van der Waals surface area (Å²) in [6.45, 7) is 5.92. The van der Waals surface area contributed by atoms with Gasteiger partial charge in [0.05, 0.1) is 12.9 Å². The van der Waals surface area contributed by atoms with Crippen molar-refractivity contribution in [2.75, 3.05) is 32.8 Å². The van der Waals surface area contributed by atoms with Crippen LogP contribution in [0.2, 0.25) is 0 Å². The molecule has 0 unspecified atom stereocenters. The molecule has 5 rings (SSSR count). The Balaban J connectivity index is 1.06. The molecule has 1 aromatic heterocycles. The smallest absolute Gasteiger partial charge is 0.242 e. The average molecular weight is 487 g/mol. The van der Waals surface area contributed by atoms with E-state index in [0.29, 0.717) is 19.1 Å². The van der Waals surface area contributed by atoms with Crippen LogP contribution in [-0.4, -0.2) is 58.0 Å². The first-order valence-electron chi connectivity index (χ1n) is 13.4. The molecule has 0 saturated carbocycles. The summed E-state index contributed by atoms with van der Waals surface area (Å²) in [5, 5.41) is 0. The molecule has 0 radical (unpaired) electrons. The van der Waals surface area contributed by atoms with Gasteiger partial charge in [0.25, 0.3) is 0 Å². The second-order valence-corrected chi connectivity index (χ2v) is 10.5. The fourth-order valence-corrected chi connectivity index (χ4v) is 5.57. The van der Waals surface area contributed by atoms with Crippen LogP contribution in [-0.2, 0) is 24.3 Å². The number of ether oxygens (including phenoxy) is 1. The van der Waals surface area contributed by atoms with Gasteiger partial charge in [0.1, 0.15) is 12.3 Å². The number of benzene rings is 2. The Bertz CT molecular complexity index is 1080. The van der Waals surface area contributed by atoms with Crippen molar-refractivity contribution in [3.63, 3.8) is 0 Å². The molecule has 2 aliphatic rings. The summed E-state index contributed by atoms with van der Waals surface area (Å²) in [6, 6.07) is 19.5. The number of hydrogen-bond donors (Lipinski definition) is 0. The van der Waals surface area contributed by atoms with E-state index < -0.39 is 0 Å². The molecule has 0 bridgehead atoms. The lowest BCUT2D eigenvalue weighted by Gasteiger charge is -2.33. The number of hydrogen-bond acceptors (Lipinski definition) is 4. The number of imidazole rings is 1. The second kappa shape index (κ2) is 12.2. The first-order valence-corrected chi connectivity index (χ1v) is 13.4. The van der Waals surface area contributed by atoms with Gasteiger partial charge in [0.15, 0.2) is 0 Å². The maximum absolute atomic E-state index is 12.7. The zero-order valence-corrected chi connectivity index (χ0v) is 21.2. The summed E-state index contributed by atoms with van der Waals surface area (Å²) < 4.78 is 8.05. The number of likely N-dealkylation sites (tertiary alicyclic amines) is 2. The van der Waals surface area contributed by atoms with E-state index in [1.54, 1.807) is 12.5 Å². The van der Waals surface area contributed by atoms with Crippen LogP contribution in [0.3, 0.4) is 0 Å². The fraction of sp³-hybridized carbons (Fsp3) is 0.467. The van der Waals surface area contributed by atoms with E-state index in [-0.39, 0.29) is 5.91 Å². The highest BCUT2D eigenvalue weighted by Gasteiger charge is 2.24. The molecule has 0 N–H and O–H groups in total. The number of carbonyl (C=O) groups excluding carboxylic acids is 1. The van der Waals surface area contributed by atoms with Crippen molar-refractivity contribution < 1.29 is 9.53 Å². The van der Waals surface area contributed by atoms with Gasteiger partial charge in [-0.3, -0.25) is 9.69 Å². The lowest BCUT2D eigenvalue weighted by Crippen LogP contribution is -2.42. The predicted octanol–water partition coefficient (Wildman–Crippen LogP) is 4.66. The summed E-state index contributed by atoms with van der Waals surface area (Å²) in [5.41, 5.74) is 2.78. The molecule has 0 aliphatic carbocycles. The summed E-state index contributed by atoms with van der Waals surface area (Å²) in [5.74, 6) is 2.26. The Morgan fingerprint density at radius 1 is 0.944 bits per heavy atom. The Morgan fingerprint density at radius 3 is 2.58 bits per heavy atom. The molecule has 2 fully saturated rings. The maximum atomic E-state index is 12.7. The van der Waals surface area contributed by atoms with E-state index >= 15 is 0 Å². The van der Waals surface area contributed by atoms with Gasteiger partial charge in [-0.05, 0) is 74.4 Å². The molecule has 2 saturated heterocycles. The van der Waals surface area contributed by atoms with Crippen molar-refractivity contribution in [1.82, 2.24) is 19.4 Å². The predicted molar refractivity (Wildman–Crippen MR) is 142 cm³/mol. The van der Waals surface area contributed by atoms with Gasteiger partial charge in [0, 0.05) is 37.9 Å². The van der Waals surface area contributed by atoms with Gasteiger partial charge in [-0.1, -0.05) is 42.5 Å². The van der Waals surface area contributed by atoms with E-state index in [9.17, 15) is 4.79 Å². The minimum absolute atomic E-state index is 0.159. The van der Waals surface area contributed by atoms with Gasteiger partial charge < -0.3 is 14.2 Å². The quantitative estimate of drug-likeness (QED) is 0.442. The van der Waals surface area contributed by atoms with Gasteiger partial charge in [-0.15, -0.1) is 0 Å². The van der Waals surface area contributed by atoms with E-state index in [1.807, 2.05) is 15.7 Å². The third-order valence-electron chi connectivity index (χ3n) is 7.61. The van der Waals surface area contributed by atoms with Crippen LogP contribution in [0, 0.1) is 11.8 Å². The highest BCUT2D eigenvalue weighted by molar-refractivity contribution is 5.76.